The summed E-state index contributed by atoms with van der Waals surface area (Å²) in [5.74, 6) is 0.283. The Balaban J connectivity index is 1.74. The first kappa shape index (κ1) is 21.0. The van der Waals surface area contributed by atoms with Crippen LogP contribution in [0.2, 0.25) is 0 Å². The van der Waals surface area contributed by atoms with Crippen LogP contribution in [0.5, 0.6) is 17.2 Å². The number of esters is 1. The maximum Gasteiger partial charge on any atom is 0.338 e. The smallest absolute Gasteiger partial charge is 0.338 e. The lowest BCUT2D eigenvalue weighted by Crippen LogP contribution is -2.38. The van der Waals surface area contributed by atoms with E-state index in [4.69, 9.17) is 18.9 Å². The molecule has 0 bridgehead atoms. The van der Waals surface area contributed by atoms with Gasteiger partial charge in [-0.2, -0.15) is 0 Å². The molecule has 1 N–H and O–H groups in total. The number of rotatable bonds is 8. The Labute approximate surface area is 180 Å². The predicted molar refractivity (Wildman–Crippen MR) is 113 cm³/mol. The maximum atomic E-state index is 11.8. The minimum atomic E-state index is -0.912. The summed E-state index contributed by atoms with van der Waals surface area (Å²) in [5.41, 5.74) is 1.63. The monoisotopic (exact) mass is 426 g/mol. The molecule has 0 radical (unpaired) electrons. The lowest BCUT2D eigenvalue weighted by Gasteiger charge is -2.31. The van der Waals surface area contributed by atoms with Crippen molar-refractivity contribution in [1.29, 1.82) is 0 Å². The first-order valence-electron chi connectivity index (χ1n) is 10.2. The number of carboxylic acid groups (broad SMARTS) is 1. The van der Waals surface area contributed by atoms with Crippen LogP contribution in [0.4, 0.5) is 0 Å². The number of aliphatic carboxylic acids is 1. The average molecular weight is 426 g/mol. The van der Waals surface area contributed by atoms with Crippen molar-refractivity contribution in [3.8, 4) is 28.4 Å². The third-order valence-corrected chi connectivity index (χ3v) is 6.70. The van der Waals surface area contributed by atoms with Crippen molar-refractivity contribution >= 4 is 11.9 Å². The van der Waals surface area contributed by atoms with Gasteiger partial charge in [0, 0.05) is 16.5 Å². The van der Waals surface area contributed by atoms with Crippen molar-refractivity contribution < 1.29 is 33.6 Å². The molecule has 1 aliphatic carbocycles. The van der Waals surface area contributed by atoms with E-state index in [9.17, 15) is 14.7 Å². The average Bonchev–Trinajstić information content (AvgIpc) is 3.48. The zero-order chi connectivity index (χ0) is 22.4. The van der Waals surface area contributed by atoms with E-state index in [1.807, 2.05) is 18.2 Å². The van der Waals surface area contributed by atoms with Crippen LogP contribution in [0.1, 0.15) is 42.6 Å². The van der Waals surface area contributed by atoms with Crippen LogP contribution in [-0.2, 0) is 16.1 Å². The van der Waals surface area contributed by atoms with Gasteiger partial charge >= 0.3 is 11.9 Å². The minimum Gasteiger partial charge on any atom is -0.493 e. The van der Waals surface area contributed by atoms with Crippen molar-refractivity contribution in [2.24, 2.45) is 10.8 Å². The second-order valence-electron chi connectivity index (χ2n) is 8.62. The number of cyclic esters (lactones) is 1. The molecule has 0 spiro atoms. The first-order valence-corrected chi connectivity index (χ1v) is 10.2. The number of fused-ring (bicyclic) bond motifs is 1. The number of benzene rings is 2. The molecule has 0 aromatic heterocycles. The summed E-state index contributed by atoms with van der Waals surface area (Å²) in [4.78, 5) is 23.6. The van der Waals surface area contributed by atoms with E-state index in [-0.39, 0.29) is 19.2 Å². The topological polar surface area (TPSA) is 91.3 Å². The zero-order valence-corrected chi connectivity index (χ0v) is 18.1. The molecule has 0 unspecified atom stereocenters. The summed E-state index contributed by atoms with van der Waals surface area (Å²) in [5, 5.41) is 9.70. The van der Waals surface area contributed by atoms with E-state index in [0.717, 1.165) is 29.5 Å². The molecule has 0 amide bonds. The highest BCUT2D eigenvalue weighted by Gasteiger charge is 2.59. The molecule has 7 nitrogen and oxygen atoms in total. The second kappa shape index (κ2) is 7.48. The summed E-state index contributed by atoms with van der Waals surface area (Å²) < 4.78 is 22.5. The summed E-state index contributed by atoms with van der Waals surface area (Å²) >= 11 is 0. The molecule has 0 atom stereocenters. The standard InChI is InChI=1S/C24H26O7/c1-23(2,22(26)27)24(9-10-24)13-31-19-16(7-8-18(28-3)20(19)29-4)14-5-6-17-15(11-14)12-30-21(17)25/h5-8,11H,9-10,12-13H2,1-4H3,(H,26,27). The molecular formula is C24H26O7. The van der Waals surface area contributed by atoms with Gasteiger partial charge in [0.05, 0.1) is 31.8 Å². The van der Waals surface area contributed by atoms with E-state index < -0.39 is 16.8 Å². The van der Waals surface area contributed by atoms with Gasteiger partial charge in [-0.25, -0.2) is 4.79 Å². The summed E-state index contributed by atoms with van der Waals surface area (Å²) in [6.07, 6.45) is 1.57. The van der Waals surface area contributed by atoms with Gasteiger partial charge in [0.1, 0.15) is 6.61 Å². The molecular weight excluding hydrogens is 400 g/mol. The van der Waals surface area contributed by atoms with Crippen LogP contribution < -0.4 is 14.2 Å². The molecule has 1 heterocycles. The zero-order valence-electron chi connectivity index (χ0n) is 18.1. The molecule has 1 aliphatic heterocycles. The SMILES string of the molecule is COc1ccc(-c2ccc3c(c2)COC3=O)c(OCC2(C(C)(C)C(=O)O)CC2)c1OC. The van der Waals surface area contributed by atoms with Crippen LogP contribution in [0.25, 0.3) is 11.1 Å². The van der Waals surface area contributed by atoms with Gasteiger partial charge in [-0.3, -0.25) is 4.79 Å². The number of hydrogen-bond donors (Lipinski definition) is 1. The van der Waals surface area contributed by atoms with Gasteiger partial charge in [0.2, 0.25) is 5.75 Å². The Morgan fingerprint density at radius 2 is 1.81 bits per heavy atom. The first-order chi connectivity index (χ1) is 14.7. The van der Waals surface area contributed by atoms with Gasteiger partial charge < -0.3 is 24.1 Å². The largest absolute Gasteiger partial charge is 0.493 e. The van der Waals surface area contributed by atoms with Crippen LogP contribution >= 0.6 is 0 Å². The predicted octanol–water partition coefficient (Wildman–Crippen LogP) is 4.31. The quantitative estimate of drug-likeness (QED) is 0.629. The second-order valence-corrected chi connectivity index (χ2v) is 8.62. The summed E-state index contributed by atoms with van der Waals surface area (Å²) in [7, 11) is 3.09. The van der Waals surface area contributed by atoms with Crippen molar-refractivity contribution in [3.05, 3.63) is 41.5 Å². The Bertz CT molecular complexity index is 1050. The highest BCUT2D eigenvalue weighted by Crippen LogP contribution is 2.59. The Hall–Kier alpha value is -3.22. The van der Waals surface area contributed by atoms with Crippen molar-refractivity contribution in [3.63, 3.8) is 0 Å². The fourth-order valence-electron chi connectivity index (χ4n) is 4.11. The van der Waals surface area contributed by atoms with Crippen molar-refractivity contribution in [1.82, 2.24) is 0 Å². The fourth-order valence-corrected chi connectivity index (χ4v) is 4.11. The molecule has 164 valence electrons. The number of methoxy groups -OCH3 is 2. The Kier molecular flexibility index (Phi) is 5.07. The van der Waals surface area contributed by atoms with Gasteiger partial charge in [-0.1, -0.05) is 6.07 Å². The number of carbonyl (C=O) groups is 2. The highest BCUT2D eigenvalue weighted by atomic mass is 16.5. The molecule has 2 aromatic carbocycles. The van der Waals surface area contributed by atoms with E-state index in [0.29, 0.717) is 22.8 Å². The number of hydrogen-bond acceptors (Lipinski definition) is 6. The number of carbonyl (C=O) groups excluding carboxylic acids is 1. The van der Waals surface area contributed by atoms with E-state index >= 15 is 0 Å². The highest BCUT2D eigenvalue weighted by molar-refractivity contribution is 5.94. The fraction of sp³-hybridized carbons (Fsp3) is 0.417. The van der Waals surface area contributed by atoms with Crippen LogP contribution in [0.15, 0.2) is 30.3 Å². The van der Waals surface area contributed by atoms with Gasteiger partial charge in [-0.15, -0.1) is 0 Å². The molecule has 1 saturated carbocycles. The van der Waals surface area contributed by atoms with Gasteiger partial charge in [0.15, 0.2) is 11.5 Å². The maximum absolute atomic E-state index is 11.8. The van der Waals surface area contributed by atoms with Crippen LogP contribution in [0.3, 0.4) is 0 Å². The third kappa shape index (κ3) is 3.38. The summed E-state index contributed by atoms with van der Waals surface area (Å²) in [6, 6.07) is 9.16. The molecule has 31 heavy (non-hydrogen) atoms. The molecule has 1 fully saturated rings. The number of ether oxygens (including phenoxy) is 4. The Morgan fingerprint density at radius 3 is 2.42 bits per heavy atom. The molecule has 7 heteroatoms. The molecule has 0 saturated heterocycles. The van der Waals surface area contributed by atoms with Gasteiger partial charge in [0.25, 0.3) is 0 Å². The van der Waals surface area contributed by atoms with Crippen molar-refractivity contribution in [2.75, 3.05) is 20.8 Å². The Morgan fingerprint density at radius 1 is 1.10 bits per heavy atom. The van der Waals surface area contributed by atoms with Crippen molar-refractivity contribution in [2.45, 2.75) is 33.3 Å². The minimum absolute atomic E-state index is 0.237. The van der Waals surface area contributed by atoms with E-state index in [2.05, 4.69) is 0 Å². The third-order valence-electron chi connectivity index (χ3n) is 6.70. The van der Waals surface area contributed by atoms with Gasteiger partial charge in [-0.05, 0) is 56.5 Å². The van der Waals surface area contributed by atoms with E-state index in [1.54, 1.807) is 33.1 Å². The van der Waals surface area contributed by atoms with E-state index in [1.165, 1.54) is 7.11 Å². The lowest BCUT2D eigenvalue weighted by atomic mass is 9.76. The van der Waals surface area contributed by atoms with Crippen LogP contribution in [0, 0.1) is 10.8 Å². The molecule has 2 aliphatic rings. The van der Waals surface area contributed by atoms with Crippen LogP contribution in [-0.4, -0.2) is 37.9 Å². The molecule has 4 rings (SSSR count). The molecule has 2 aromatic rings. The summed E-state index contributed by atoms with van der Waals surface area (Å²) in [6.45, 7) is 3.97. The normalized spacial score (nSPS) is 16.3. The number of carboxylic acids is 1. The lowest BCUT2D eigenvalue weighted by molar-refractivity contribution is -0.152.